The minimum Gasteiger partial charge on any atom is -0.302 e. The van der Waals surface area contributed by atoms with Crippen molar-refractivity contribution in [3.05, 3.63) is 35.9 Å². The Morgan fingerprint density at radius 1 is 1.23 bits per heavy atom. The summed E-state index contributed by atoms with van der Waals surface area (Å²) in [4.78, 5) is 2.29. The first kappa shape index (κ1) is 10.6. The Morgan fingerprint density at radius 2 is 1.92 bits per heavy atom. The molecule has 0 heterocycles. The van der Waals surface area contributed by atoms with Gasteiger partial charge in [0.15, 0.2) is 0 Å². The first-order chi connectivity index (χ1) is 6.33. The highest BCUT2D eigenvalue weighted by molar-refractivity contribution is 6.17. The molecule has 1 aromatic rings. The maximum absolute atomic E-state index is 5.62. The monoisotopic (exact) mass is 197 g/mol. The summed E-state index contributed by atoms with van der Waals surface area (Å²) in [5.41, 5.74) is 1.36. The molecule has 1 rings (SSSR count). The van der Waals surface area contributed by atoms with Crippen molar-refractivity contribution in [2.45, 2.75) is 13.0 Å². The Labute approximate surface area is 85.3 Å². The van der Waals surface area contributed by atoms with E-state index in [1.807, 2.05) is 6.07 Å². The van der Waals surface area contributed by atoms with Gasteiger partial charge in [0.05, 0.1) is 0 Å². The summed E-state index contributed by atoms with van der Waals surface area (Å²) in [6.45, 7) is 2.08. The van der Waals surface area contributed by atoms with Crippen LogP contribution in [-0.2, 0) is 6.54 Å². The van der Waals surface area contributed by atoms with E-state index in [0.717, 1.165) is 25.4 Å². The summed E-state index contributed by atoms with van der Waals surface area (Å²) in [6.07, 6.45) is 1.06. The van der Waals surface area contributed by atoms with Crippen LogP contribution in [0, 0.1) is 0 Å². The van der Waals surface area contributed by atoms with Gasteiger partial charge in [-0.25, -0.2) is 0 Å². The first-order valence-electron chi connectivity index (χ1n) is 4.61. The Balaban J connectivity index is 2.32. The summed E-state index contributed by atoms with van der Waals surface area (Å²) in [5.74, 6) is 0.749. The van der Waals surface area contributed by atoms with Crippen molar-refractivity contribution in [1.82, 2.24) is 4.90 Å². The van der Waals surface area contributed by atoms with Crippen LogP contribution in [-0.4, -0.2) is 24.4 Å². The predicted octanol–water partition coefficient (Wildman–Crippen LogP) is 2.75. The average molecular weight is 198 g/mol. The van der Waals surface area contributed by atoms with E-state index in [4.69, 9.17) is 11.6 Å². The summed E-state index contributed by atoms with van der Waals surface area (Å²) < 4.78 is 0. The van der Waals surface area contributed by atoms with E-state index in [9.17, 15) is 0 Å². The molecule has 1 nitrogen and oxygen atoms in total. The summed E-state index contributed by atoms with van der Waals surface area (Å²) in [5, 5.41) is 0. The number of rotatable bonds is 5. The minimum atomic E-state index is 0.749. The SMILES string of the molecule is CN(CCCCl)Cc1ccccc1. The van der Waals surface area contributed by atoms with E-state index in [0.29, 0.717) is 0 Å². The average Bonchev–Trinajstić information content (AvgIpc) is 2.16. The molecule has 0 atom stereocenters. The van der Waals surface area contributed by atoms with E-state index in [-0.39, 0.29) is 0 Å². The molecule has 0 aliphatic rings. The first-order valence-corrected chi connectivity index (χ1v) is 5.15. The molecule has 0 spiro atoms. The largest absolute Gasteiger partial charge is 0.302 e. The summed E-state index contributed by atoms with van der Waals surface area (Å²) in [6, 6.07) is 10.5. The quantitative estimate of drug-likeness (QED) is 0.657. The molecule has 0 aromatic heterocycles. The highest BCUT2D eigenvalue weighted by Crippen LogP contribution is 2.02. The van der Waals surface area contributed by atoms with Crippen LogP contribution in [0.5, 0.6) is 0 Å². The van der Waals surface area contributed by atoms with Gasteiger partial charge >= 0.3 is 0 Å². The van der Waals surface area contributed by atoms with Crippen LogP contribution >= 0.6 is 11.6 Å². The highest BCUT2D eigenvalue weighted by atomic mass is 35.5. The van der Waals surface area contributed by atoms with Crippen LogP contribution in [0.4, 0.5) is 0 Å². The van der Waals surface area contributed by atoms with E-state index < -0.39 is 0 Å². The van der Waals surface area contributed by atoms with Crippen LogP contribution in [0.15, 0.2) is 30.3 Å². The van der Waals surface area contributed by atoms with Gasteiger partial charge in [0.1, 0.15) is 0 Å². The van der Waals surface area contributed by atoms with Crippen LogP contribution in [0.2, 0.25) is 0 Å². The van der Waals surface area contributed by atoms with Gasteiger partial charge < -0.3 is 4.90 Å². The third-order valence-electron chi connectivity index (χ3n) is 1.97. The minimum absolute atomic E-state index is 0.749. The molecule has 0 fully saturated rings. The van der Waals surface area contributed by atoms with Gasteiger partial charge in [-0.05, 0) is 25.6 Å². The van der Waals surface area contributed by atoms with E-state index >= 15 is 0 Å². The molecule has 0 radical (unpaired) electrons. The van der Waals surface area contributed by atoms with Crippen LogP contribution in [0.25, 0.3) is 0 Å². The van der Waals surface area contributed by atoms with Crippen molar-refractivity contribution in [1.29, 1.82) is 0 Å². The molecule has 0 aliphatic heterocycles. The summed E-state index contributed by atoms with van der Waals surface area (Å²) in [7, 11) is 2.12. The highest BCUT2D eigenvalue weighted by Gasteiger charge is 1.98. The second kappa shape index (κ2) is 6.01. The van der Waals surface area contributed by atoms with Gasteiger partial charge in [-0.15, -0.1) is 11.6 Å². The molecule has 0 amide bonds. The Kier molecular flexibility index (Phi) is 4.87. The molecule has 0 saturated carbocycles. The lowest BCUT2D eigenvalue weighted by Crippen LogP contribution is -2.19. The zero-order valence-electron chi connectivity index (χ0n) is 8.04. The molecule has 0 saturated heterocycles. The second-order valence-electron chi connectivity index (χ2n) is 3.27. The third kappa shape index (κ3) is 4.30. The second-order valence-corrected chi connectivity index (χ2v) is 3.64. The van der Waals surface area contributed by atoms with Gasteiger partial charge in [-0.1, -0.05) is 30.3 Å². The topological polar surface area (TPSA) is 3.24 Å². The molecule has 0 aliphatic carbocycles. The number of halogens is 1. The number of alkyl halides is 1. The maximum atomic E-state index is 5.62. The van der Waals surface area contributed by atoms with Crippen molar-refractivity contribution in [2.24, 2.45) is 0 Å². The molecule has 0 bridgehead atoms. The van der Waals surface area contributed by atoms with E-state index in [2.05, 4.69) is 36.2 Å². The number of nitrogens with zero attached hydrogens (tertiary/aromatic N) is 1. The Hall–Kier alpha value is -0.530. The van der Waals surface area contributed by atoms with E-state index in [1.165, 1.54) is 5.56 Å². The fourth-order valence-electron chi connectivity index (χ4n) is 1.30. The van der Waals surface area contributed by atoms with Crippen molar-refractivity contribution in [2.75, 3.05) is 19.5 Å². The van der Waals surface area contributed by atoms with Gasteiger partial charge in [-0.3, -0.25) is 0 Å². The van der Waals surface area contributed by atoms with Crippen molar-refractivity contribution < 1.29 is 0 Å². The molecular weight excluding hydrogens is 182 g/mol. The van der Waals surface area contributed by atoms with Crippen LogP contribution in [0.1, 0.15) is 12.0 Å². The fourth-order valence-corrected chi connectivity index (χ4v) is 1.42. The van der Waals surface area contributed by atoms with E-state index in [1.54, 1.807) is 0 Å². The zero-order chi connectivity index (χ0) is 9.52. The van der Waals surface area contributed by atoms with Crippen LogP contribution in [0.3, 0.4) is 0 Å². The third-order valence-corrected chi connectivity index (χ3v) is 2.24. The molecule has 2 heteroatoms. The molecule has 72 valence electrons. The Morgan fingerprint density at radius 3 is 2.54 bits per heavy atom. The van der Waals surface area contributed by atoms with Gasteiger partial charge in [0, 0.05) is 12.4 Å². The van der Waals surface area contributed by atoms with Gasteiger partial charge in [-0.2, -0.15) is 0 Å². The normalized spacial score (nSPS) is 10.7. The number of hydrogen-bond donors (Lipinski definition) is 0. The van der Waals surface area contributed by atoms with Gasteiger partial charge in [0.2, 0.25) is 0 Å². The molecule has 13 heavy (non-hydrogen) atoms. The molecular formula is C11H16ClN. The fraction of sp³-hybridized carbons (Fsp3) is 0.455. The predicted molar refractivity (Wildman–Crippen MR) is 58.1 cm³/mol. The smallest absolute Gasteiger partial charge is 0.0235 e. The van der Waals surface area contributed by atoms with Crippen molar-refractivity contribution in [3.8, 4) is 0 Å². The lowest BCUT2D eigenvalue weighted by Gasteiger charge is -2.15. The lowest BCUT2D eigenvalue weighted by molar-refractivity contribution is 0.328. The lowest BCUT2D eigenvalue weighted by atomic mass is 10.2. The maximum Gasteiger partial charge on any atom is 0.0235 e. The van der Waals surface area contributed by atoms with Crippen molar-refractivity contribution >= 4 is 11.6 Å². The number of benzene rings is 1. The van der Waals surface area contributed by atoms with Crippen molar-refractivity contribution in [3.63, 3.8) is 0 Å². The molecule has 0 N–H and O–H groups in total. The Bertz CT molecular complexity index is 223. The van der Waals surface area contributed by atoms with Crippen LogP contribution < -0.4 is 0 Å². The summed E-state index contributed by atoms with van der Waals surface area (Å²) >= 11 is 5.62. The molecule has 1 aromatic carbocycles. The zero-order valence-corrected chi connectivity index (χ0v) is 8.80. The van der Waals surface area contributed by atoms with Gasteiger partial charge in [0.25, 0.3) is 0 Å². The number of hydrogen-bond acceptors (Lipinski definition) is 1. The standard InChI is InChI=1S/C11H16ClN/c1-13(9-5-8-12)10-11-6-3-2-4-7-11/h2-4,6-7H,5,8-10H2,1H3. The molecule has 0 unspecified atom stereocenters.